The highest BCUT2D eigenvalue weighted by Gasteiger charge is 2.22. The van der Waals surface area contributed by atoms with Crippen molar-refractivity contribution >= 4 is 23.0 Å². The highest BCUT2D eigenvalue weighted by atomic mass is 35.5. The Kier molecular flexibility index (Phi) is 3.56. The maximum Gasteiger partial charge on any atom is 0.0774 e. The van der Waals surface area contributed by atoms with Gasteiger partial charge in [0.1, 0.15) is 0 Å². The Morgan fingerprint density at radius 3 is 3.00 bits per heavy atom. The molecule has 1 aliphatic heterocycles. The van der Waals surface area contributed by atoms with E-state index in [1.807, 2.05) is 12.1 Å². The van der Waals surface area contributed by atoms with Crippen molar-refractivity contribution in [3.8, 4) is 0 Å². The van der Waals surface area contributed by atoms with Gasteiger partial charge in [0.25, 0.3) is 0 Å². The first-order chi connectivity index (χ1) is 7.66. The highest BCUT2D eigenvalue weighted by molar-refractivity contribution is 6.33. The van der Waals surface area contributed by atoms with Crippen LogP contribution in [0.25, 0.3) is 0 Å². The Morgan fingerprint density at radius 2 is 2.38 bits per heavy atom. The molecule has 2 atom stereocenters. The van der Waals surface area contributed by atoms with Gasteiger partial charge >= 0.3 is 0 Å². The molecule has 0 radical (unpaired) electrons. The normalized spacial score (nSPS) is 22.0. The fourth-order valence-electron chi connectivity index (χ4n) is 1.98. The zero-order valence-electron chi connectivity index (χ0n) is 9.37. The van der Waals surface area contributed by atoms with Crippen molar-refractivity contribution in [3.63, 3.8) is 0 Å². The molecule has 1 aromatic carbocycles. The summed E-state index contributed by atoms with van der Waals surface area (Å²) in [4.78, 5) is 0. The Bertz CT molecular complexity index is 364. The molecule has 16 heavy (non-hydrogen) atoms. The first-order valence-corrected chi connectivity index (χ1v) is 5.98. The Balaban J connectivity index is 2.02. The van der Waals surface area contributed by atoms with Gasteiger partial charge in [0.15, 0.2) is 0 Å². The summed E-state index contributed by atoms with van der Waals surface area (Å²) in [6.45, 7) is 2.98. The second kappa shape index (κ2) is 4.93. The van der Waals surface area contributed by atoms with Crippen molar-refractivity contribution in [2.75, 3.05) is 17.7 Å². The van der Waals surface area contributed by atoms with Crippen LogP contribution >= 0.6 is 11.6 Å². The number of nitrogen functional groups attached to an aromatic ring is 1. The molecule has 4 heteroatoms. The third-order valence-electron chi connectivity index (χ3n) is 2.90. The lowest BCUT2D eigenvalue weighted by molar-refractivity contribution is 0.0996. The molecule has 88 valence electrons. The second-order valence-electron chi connectivity index (χ2n) is 4.22. The van der Waals surface area contributed by atoms with E-state index in [9.17, 15) is 0 Å². The molecule has 0 amide bonds. The van der Waals surface area contributed by atoms with Crippen molar-refractivity contribution in [2.24, 2.45) is 0 Å². The summed E-state index contributed by atoms with van der Waals surface area (Å²) in [5, 5.41) is 4.02. The van der Waals surface area contributed by atoms with Crippen LogP contribution in [0.5, 0.6) is 0 Å². The molecule has 3 nitrogen and oxygen atoms in total. The SMILES string of the molecule is CC(Nc1ccc(N)cc1Cl)C1CCCO1. The van der Waals surface area contributed by atoms with Gasteiger partial charge in [-0.25, -0.2) is 0 Å². The summed E-state index contributed by atoms with van der Waals surface area (Å²) in [6.07, 6.45) is 2.54. The topological polar surface area (TPSA) is 47.3 Å². The molecule has 1 heterocycles. The quantitative estimate of drug-likeness (QED) is 0.799. The van der Waals surface area contributed by atoms with Crippen LogP contribution < -0.4 is 11.1 Å². The van der Waals surface area contributed by atoms with E-state index in [1.54, 1.807) is 6.07 Å². The average molecular weight is 241 g/mol. The smallest absolute Gasteiger partial charge is 0.0774 e. The van der Waals surface area contributed by atoms with Crippen LogP contribution in [-0.4, -0.2) is 18.8 Å². The maximum absolute atomic E-state index is 6.10. The van der Waals surface area contributed by atoms with E-state index in [2.05, 4.69) is 12.2 Å². The van der Waals surface area contributed by atoms with Crippen LogP contribution in [-0.2, 0) is 4.74 Å². The second-order valence-corrected chi connectivity index (χ2v) is 4.63. The lowest BCUT2D eigenvalue weighted by Gasteiger charge is -2.21. The van der Waals surface area contributed by atoms with Crippen molar-refractivity contribution in [1.29, 1.82) is 0 Å². The molecule has 0 spiro atoms. The van der Waals surface area contributed by atoms with Crippen LogP contribution in [0.1, 0.15) is 19.8 Å². The molecule has 0 bridgehead atoms. The van der Waals surface area contributed by atoms with Gasteiger partial charge < -0.3 is 15.8 Å². The van der Waals surface area contributed by atoms with Gasteiger partial charge in [0.05, 0.1) is 16.8 Å². The van der Waals surface area contributed by atoms with E-state index >= 15 is 0 Å². The first kappa shape index (κ1) is 11.6. The third-order valence-corrected chi connectivity index (χ3v) is 3.21. The number of nitrogens with two attached hydrogens (primary N) is 1. The van der Waals surface area contributed by atoms with E-state index < -0.39 is 0 Å². The molecular weight excluding hydrogens is 224 g/mol. The molecule has 0 aliphatic carbocycles. The lowest BCUT2D eigenvalue weighted by Crippen LogP contribution is -2.30. The molecule has 3 N–H and O–H groups in total. The fourth-order valence-corrected chi connectivity index (χ4v) is 2.23. The van der Waals surface area contributed by atoms with Crippen molar-refractivity contribution < 1.29 is 4.74 Å². The molecule has 2 unspecified atom stereocenters. The van der Waals surface area contributed by atoms with Gasteiger partial charge in [-0.2, -0.15) is 0 Å². The predicted octanol–water partition coefficient (Wildman–Crippen LogP) is 2.90. The molecule has 1 aromatic rings. The van der Waals surface area contributed by atoms with Gasteiger partial charge in [-0.05, 0) is 38.0 Å². The molecular formula is C12H17ClN2O. The predicted molar refractivity (Wildman–Crippen MR) is 67.9 cm³/mol. The van der Waals surface area contributed by atoms with E-state index in [0.29, 0.717) is 10.7 Å². The number of halogens is 1. The summed E-state index contributed by atoms with van der Waals surface area (Å²) in [5.74, 6) is 0. The Hall–Kier alpha value is -0.930. The minimum absolute atomic E-state index is 0.267. The molecule has 1 aliphatic rings. The lowest BCUT2D eigenvalue weighted by atomic mass is 10.1. The van der Waals surface area contributed by atoms with Crippen LogP contribution in [0.15, 0.2) is 18.2 Å². The van der Waals surface area contributed by atoms with Gasteiger partial charge in [0.2, 0.25) is 0 Å². The molecule has 0 aromatic heterocycles. The standard InChI is InChI=1S/C12H17ClN2O/c1-8(12-3-2-6-16-12)15-11-5-4-9(14)7-10(11)13/h4-5,7-8,12,15H,2-3,6,14H2,1H3. The van der Waals surface area contributed by atoms with E-state index in [0.717, 1.165) is 25.1 Å². The summed E-state index contributed by atoms with van der Waals surface area (Å²) >= 11 is 6.10. The molecule has 2 rings (SSSR count). The van der Waals surface area contributed by atoms with Gasteiger partial charge in [-0.3, -0.25) is 0 Å². The number of rotatable bonds is 3. The van der Waals surface area contributed by atoms with Crippen molar-refractivity contribution in [3.05, 3.63) is 23.2 Å². The maximum atomic E-state index is 6.10. The number of hydrogen-bond acceptors (Lipinski definition) is 3. The molecule has 1 fully saturated rings. The number of ether oxygens (including phenoxy) is 1. The molecule has 1 saturated heterocycles. The summed E-state index contributed by atoms with van der Waals surface area (Å²) in [6, 6.07) is 5.77. The zero-order chi connectivity index (χ0) is 11.5. The number of anilines is 2. The zero-order valence-corrected chi connectivity index (χ0v) is 10.1. The van der Waals surface area contributed by atoms with Gasteiger partial charge in [-0.1, -0.05) is 11.6 Å². The van der Waals surface area contributed by atoms with E-state index in [1.165, 1.54) is 0 Å². The monoisotopic (exact) mass is 240 g/mol. The van der Waals surface area contributed by atoms with E-state index in [-0.39, 0.29) is 12.1 Å². The average Bonchev–Trinajstić information content (AvgIpc) is 2.75. The third kappa shape index (κ3) is 2.60. The Morgan fingerprint density at radius 1 is 1.56 bits per heavy atom. The Labute approximate surface area is 101 Å². The minimum Gasteiger partial charge on any atom is -0.399 e. The van der Waals surface area contributed by atoms with Gasteiger partial charge in [-0.15, -0.1) is 0 Å². The highest BCUT2D eigenvalue weighted by Crippen LogP contribution is 2.26. The summed E-state index contributed by atoms with van der Waals surface area (Å²) in [7, 11) is 0. The summed E-state index contributed by atoms with van der Waals surface area (Å²) < 4.78 is 5.62. The number of hydrogen-bond donors (Lipinski definition) is 2. The van der Waals surface area contributed by atoms with E-state index in [4.69, 9.17) is 22.1 Å². The minimum atomic E-state index is 0.267. The van der Waals surface area contributed by atoms with Crippen LogP contribution in [0.3, 0.4) is 0 Å². The first-order valence-electron chi connectivity index (χ1n) is 5.60. The van der Waals surface area contributed by atoms with Crippen molar-refractivity contribution in [1.82, 2.24) is 0 Å². The van der Waals surface area contributed by atoms with Gasteiger partial charge in [0, 0.05) is 18.3 Å². The molecule has 0 saturated carbocycles. The fraction of sp³-hybridized carbons (Fsp3) is 0.500. The van der Waals surface area contributed by atoms with Crippen LogP contribution in [0, 0.1) is 0 Å². The van der Waals surface area contributed by atoms with Crippen molar-refractivity contribution in [2.45, 2.75) is 31.9 Å². The van der Waals surface area contributed by atoms with Crippen LogP contribution in [0.4, 0.5) is 11.4 Å². The largest absolute Gasteiger partial charge is 0.399 e. The number of nitrogens with one attached hydrogen (secondary N) is 1. The van der Waals surface area contributed by atoms with Crippen LogP contribution in [0.2, 0.25) is 5.02 Å². The number of benzene rings is 1. The summed E-state index contributed by atoms with van der Waals surface area (Å²) in [5.41, 5.74) is 7.24.